The zero-order chi connectivity index (χ0) is 22.2. The fraction of sp³-hybridized carbons (Fsp3) is 0.742. The first-order valence-corrected chi connectivity index (χ1v) is 14.1. The zero-order valence-electron chi connectivity index (χ0n) is 21.0. The molecule has 1 aromatic rings. The number of hydrogen-bond donors (Lipinski definition) is 0. The van der Waals surface area contributed by atoms with Crippen LogP contribution in [0.25, 0.3) is 0 Å². The molecule has 2 fully saturated rings. The highest BCUT2D eigenvalue weighted by Gasteiger charge is 2.38. The molecule has 3 aliphatic rings. The molecule has 0 spiro atoms. The van der Waals surface area contributed by atoms with Crippen molar-refractivity contribution in [2.45, 2.75) is 116 Å². The third-order valence-electron chi connectivity index (χ3n) is 9.04. The largest absolute Gasteiger partial charge is 0.374 e. The lowest BCUT2D eigenvalue weighted by Crippen LogP contribution is -2.37. The van der Waals surface area contributed by atoms with Crippen molar-refractivity contribution in [2.75, 3.05) is 6.61 Å². The van der Waals surface area contributed by atoms with Gasteiger partial charge in [-0.25, -0.2) is 0 Å². The summed E-state index contributed by atoms with van der Waals surface area (Å²) in [7, 11) is 0. The third kappa shape index (κ3) is 6.49. The van der Waals surface area contributed by atoms with Crippen molar-refractivity contribution in [3.05, 3.63) is 47.0 Å². The lowest BCUT2D eigenvalue weighted by Gasteiger charge is -2.45. The predicted octanol–water partition coefficient (Wildman–Crippen LogP) is 8.48. The van der Waals surface area contributed by atoms with E-state index in [4.69, 9.17) is 4.74 Å². The first-order valence-electron chi connectivity index (χ1n) is 14.1. The lowest BCUT2D eigenvalue weighted by molar-refractivity contribution is -0.0138. The molecule has 0 radical (unpaired) electrons. The first kappa shape index (κ1) is 24.1. The molecule has 1 heteroatoms. The Morgan fingerprint density at radius 1 is 0.844 bits per heavy atom. The Kier molecular flexibility index (Phi) is 9.32. The minimum absolute atomic E-state index is 0.520. The van der Waals surface area contributed by atoms with Crippen LogP contribution in [0.2, 0.25) is 0 Å². The molecule has 0 amide bonds. The molecule has 2 saturated carbocycles. The average Bonchev–Trinajstić information content (AvgIpc) is 2.83. The van der Waals surface area contributed by atoms with E-state index >= 15 is 0 Å². The van der Waals surface area contributed by atoms with Crippen LogP contribution in [-0.4, -0.2) is 12.7 Å². The number of unbranched alkanes of at least 4 members (excludes halogenated alkanes) is 4. The molecule has 0 aromatic heterocycles. The van der Waals surface area contributed by atoms with Crippen LogP contribution < -0.4 is 0 Å². The monoisotopic (exact) mass is 436 g/mol. The Morgan fingerprint density at radius 2 is 1.62 bits per heavy atom. The molecule has 5 unspecified atom stereocenters. The van der Waals surface area contributed by atoms with Gasteiger partial charge < -0.3 is 4.74 Å². The Labute approximate surface area is 198 Å². The van der Waals surface area contributed by atoms with Crippen molar-refractivity contribution in [3.8, 4) is 0 Å². The maximum absolute atomic E-state index is 6.12. The van der Waals surface area contributed by atoms with Crippen LogP contribution in [0.1, 0.15) is 108 Å². The molecule has 32 heavy (non-hydrogen) atoms. The van der Waals surface area contributed by atoms with Gasteiger partial charge in [-0.05, 0) is 118 Å². The van der Waals surface area contributed by atoms with Gasteiger partial charge in [-0.3, -0.25) is 0 Å². The number of ether oxygens (including phenoxy) is 1. The number of rotatable bonds is 10. The number of fused-ring (bicyclic) bond motifs is 2. The van der Waals surface area contributed by atoms with E-state index < -0.39 is 0 Å². The third-order valence-corrected chi connectivity index (χ3v) is 9.04. The van der Waals surface area contributed by atoms with Crippen molar-refractivity contribution in [1.29, 1.82) is 0 Å². The summed E-state index contributed by atoms with van der Waals surface area (Å²) in [4.78, 5) is 0. The number of aryl methyl sites for hydroxylation is 2. The lowest BCUT2D eigenvalue weighted by atomic mass is 9.62. The Balaban J connectivity index is 1.24. The smallest absolute Gasteiger partial charge is 0.0651 e. The van der Waals surface area contributed by atoms with Gasteiger partial charge >= 0.3 is 0 Å². The molecule has 0 aliphatic heterocycles. The van der Waals surface area contributed by atoms with E-state index in [-0.39, 0.29) is 0 Å². The van der Waals surface area contributed by atoms with Crippen LogP contribution in [0.3, 0.4) is 0 Å². The van der Waals surface area contributed by atoms with Crippen LogP contribution >= 0.6 is 0 Å². The summed E-state index contributed by atoms with van der Waals surface area (Å²) >= 11 is 0. The number of allylic oxidation sites excluding steroid dienone is 1. The molecule has 1 nitrogen and oxygen atoms in total. The molecular weight excluding hydrogens is 388 g/mol. The van der Waals surface area contributed by atoms with Crippen molar-refractivity contribution in [1.82, 2.24) is 0 Å². The van der Waals surface area contributed by atoms with Crippen LogP contribution in [-0.2, 0) is 24.0 Å². The van der Waals surface area contributed by atoms with E-state index in [1.165, 1.54) is 96.3 Å². The van der Waals surface area contributed by atoms with E-state index in [0.29, 0.717) is 6.10 Å². The van der Waals surface area contributed by atoms with Gasteiger partial charge in [0.1, 0.15) is 0 Å². The second-order valence-electron chi connectivity index (χ2n) is 11.2. The number of benzene rings is 1. The van der Waals surface area contributed by atoms with E-state index in [9.17, 15) is 0 Å². The molecule has 3 aliphatic carbocycles. The predicted molar refractivity (Wildman–Crippen MR) is 137 cm³/mol. The molecule has 1 aromatic carbocycles. The molecule has 178 valence electrons. The van der Waals surface area contributed by atoms with Gasteiger partial charge in [0.15, 0.2) is 0 Å². The van der Waals surface area contributed by atoms with Crippen molar-refractivity contribution in [3.63, 3.8) is 0 Å². The highest BCUT2D eigenvalue weighted by molar-refractivity contribution is 5.34. The minimum Gasteiger partial charge on any atom is -0.374 e. The topological polar surface area (TPSA) is 9.23 Å². The van der Waals surface area contributed by atoms with Crippen molar-refractivity contribution >= 4 is 0 Å². The quantitative estimate of drug-likeness (QED) is 0.264. The molecule has 0 N–H and O–H groups in total. The number of hydrogen-bond acceptors (Lipinski definition) is 1. The fourth-order valence-corrected chi connectivity index (χ4v) is 7.08. The zero-order valence-corrected chi connectivity index (χ0v) is 21.0. The highest BCUT2D eigenvalue weighted by atomic mass is 16.5. The second-order valence-corrected chi connectivity index (χ2v) is 11.2. The summed E-state index contributed by atoms with van der Waals surface area (Å²) in [6.45, 7) is 5.19. The molecular formula is C31H48O. The van der Waals surface area contributed by atoms with E-state index in [1.807, 2.05) is 0 Å². The van der Waals surface area contributed by atoms with Gasteiger partial charge in [0.2, 0.25) is 0 Å². The van der Waals surface area contributed by atoms with Gasteiger partial charge in [0.25, 0.3) is 0 Å². The van der Waals surface area contributed by atoms with Crippen LogP contribution in [0.4, 0.5) is 0 Å². The standard InChI is InChI=1S/C31H48O/c1-3-5-7-8-9-10-24-11-12-26-21-27(14-13-25(26)20-24)28-15-16-30-23-31(32-19-6-4-2)18-17-29(30)22-28/h4,6,11-12,20,27-31H,3,5,7-10,13-19,21-23H2,1-2H3/b6-4+. The van der Waals surface area contributed by atoms with Crippen LogP contribution in [0.5, 0.6) is 0 Å². The molecule has 0 bridgehead atoms. The molecule has 5 atom stereocenters. The van der Waals surface area contributed by atoms with Crippen molar-refractivity contribution < 1.29 is 4.74 Å². The first-order chi connectivity index (χ1) is 15.8. The summed E-state index contributed by atoms with van der Waals surface area (Å²) in [6.07, 6.45) is 25.6. The van der Waals surface area contributed by atoms with Gasteiger partial charge in [-0.2, -0.15) is 0 Å². The normalized spacial score (nSPS) is 30.2. The van der Waals surface area contributed by atoms with E-state index in [0.717, 1.165) is 30.3 Å². The van der Waals surface area contributed by atoms with Crippen LogP contribution in [0.15, 0.2) is 30.4 Å². The highest BCUT2D eigenvalue weighted by Crippen LogP contribution is 2.47. The summed E-state index contributed by atoms with van der Waals surface area (Å²) in [5.74, 6) is 3.83. The Morgan fingerprint density at radius 3 is 2.47 bits per heavy atom. The maximum Gasteiger partial charge on any atom is 0.0651 e. The summed E-state index contributed by atoms with van der Waals surface area (Å²) in [5.41, 5.74) is 4.95. The van der Waals surface area contributed by atoms with E-state index in [2.05, 4.69) is 44.2 Å². The fourth-order valence-electron chi connectivity index (χ4n) is 7.08. The average molecular weight is 437 g/mol. The molecule has 0 saturated heterocycles. The summed E-state index contributed by atoms with van der Waals surface area (Å²) < 4.78 is 6.12. The summed E-state index contributed by atoms with van der Waals surface area (Å²) in [5, 5.41) is 0. The minimum atomic E-state index is 0.520. The second kappa shape index (κ2) is 12.4. The van der Waals surface area contributed by atoms with Crippen molar-refractivity contribution in [2.24, 2.45) is 23.7 Å². The maximum atomic E-state index is 6.12. The SMILES string of the molecule is C/C=C/COC1CCC2CC(C3CCc4cc(CCCCCCC)ccc4C3)CCC2C1. The van der Waals surface area contributed by atoms with Gasteiger partial charge in [0, 0.05) is 0 Å². The van der Waals surface area contributed by atoms with Gasteiger partial charge in [-0.1, -0.05) is 63.0 Å². The Hall–Kier alpha value is -1.08. The van der Waals surface area contributed by atoms with Gasteiger partial charge in [-0.15, -0.1) is 0 Å². The van der Waals surface area contributed by atoms with Crippen LogP contribution in [0, 0.1) is 23.7 Å². The van der Waals surface area contributed by atoms with Gasteiger partial charge in [0.05, 0.1) is 12.7 Å². The Bertz CT molecular complexity index is 719. The summed E-state index contributed by atoms with van der Waals surface area (Å²) in [6, 6.07) is 7.52. The van der Waals surface area contributed by atoms with E-state index in [1.54, 1.807) is 16.7 Å². The molecule has 4 rings (SSSR count). The molecule has 0 heterocycles.